The predicted octanol–water partition coefficient (Wildman–Crippen LogP) is 2.90. The molecule has 0 aliphatic carbocycles. The van der Waals surface area contributed by atoms with Crippen molar-refractivity contribution in [3.8, 4) is 11.6 Å². The molecule has 2 fully saturated rings. The van der Waals surface area contributed by atoms with Gasteiger partial charge in [0.2, 0.25) is 5.88 Å². The van der Waals surface area contributed by atoms with E-state index in [9.17, 15) is 0 Å². The van der Waals surface area contributed by atoms with Gasteiger partial charge in [-0.3, -0.25) is 4.90 Å². The van der Waals surface area contributed by atoms with Crippen molar-refractivity contribution in [1.29, 1.82) is 0 Å². The van der Waals surface area contributed by atoms with Crippen molar-refractivity contribution in [2.75, 3.05) is 26.8 Å². The molecule has 1 aromatic carbocycles. The molecular weight excluding hydrogens is 316 g/mol. The molecule has 0 saturated carbocycles. The van der Waals surface area contributed by atoms with Gasteiger partial charge in [-0.1, -0.05) is 18.2 Å². The SMILES string of the molecule is COc1cccc(CN2CC3(C[C@@H](Oc4ccccn4)CCO3)C2)c1. The highest BCUT2D eigenvalue weighted by Crippen LogP contribution is 2.36. The van der Waals surface area contributed by atoms with E-state index in [1.54, 1.807) is 13.3 Å². The Kier molecular flexibility index (Phi) is 4.59. The van der Waals surface area contributed by atoms with Crippen LogP contribution >= 0.6 is 0 Å². The van der Waals surface area contributed by atoms with Crippen LogP contribution in [0, 0.1) is 0 Å². The second-order valence-electron chi connectivity index (χ2n) is 6.93. The highest BCUT2D eigenvalue weighted by atomic mass is 16.5. The Morgan fingerprint density at radius 1 is 1.24 bits per heavy atom. The summed E-state index contributed by atoms with van der Waals surface area (Å²) in [5, 5.41) is 0. The summed E-state index contributed by atoms with van der Waals surface area (Å²) in [6, 6.07) is 14.0. The van der Waals surface area contributed by atoms with Crippen LogP contribution < -0.4 is 9.47 Å². The molecule has 0 amide bonds. The van der Waals surface area contributed by atoms with E-state index < -0.39 is 0 Å². The monoisotopic (exact) mass is 340 g/mol. The minimum Gasteiger partial charge on any atom is -0.497 e. The maximum Gasteiger partial charge on any atom is 0.213 e. The zero-order valence-corrected chi connectivity index (χ0v) is 14.6. The standard InChI is InChI=1S/C20H24N2O3/c1-23-17-6-4-5-16(11-17)13-22-14-20(15-22)12-18(8-10-24-20)25-19-7-2-3-9-21-19/h2-7,9,11,18H,8,10,12-15H2,1H3/t18-/m0/s1. The fraction of sp³-hybridized carbons (Fsp3) is 0.450. The van der Waals surface area contributed by atoms with Crippen LogP contribution in [0.15, 0.2) is 48.7 Å². The number of aromatic nitrogens is 1. The number of hydrogen-bond acceptors (Lipinski definition) is 5. The Bertz CT molecular complexity index is 701. The van der Waals surface area contributed by atoms with E-state index in [2.05, 4.69) is 22.0 Å². The Labute approximate surface area is 148 Å². The van der Waals surface area contributed by atoms with Gasteiger partial charge in [-0.25, -0.2) is 4.98 Å². The van der Waals surface area contributed by atoms with Crippen molar-refractivity contribution in [3.63, 3.8) is 0 Å². The van der Waals surface area contributed by atoms with E-state index in [4.69, 9.17) is 14.2 Å². The molecule has 3 heterocycles. The number of nitrogens with zero attached hydrogens (tertiary/aromatic N) is 2. The number of benzene rings is 1. The molecule has 5 nitrogen and oxygen atoms in total. The summed E-state index contributed by atoms with van der Waals surface area (Å²) >= 11 is 0. The Morgan fingerprint density at radius 2 is 2.16 bits per heavy atom. The Balaban J connectivity index is 1.32. The lowest BCUT2D eigenvalue weighted by Crippen LogP contribution is -2.65. The molecule has 5 heteroatoms. The van der Waals surface area contributed by atoms with Crippen LogP contribution in [0.3, 0.4) is 0 Å². The smallest absolute Gasteiger partial charge is 0.213 e. The lowest BCUT2D eigenvalue weighted by Gasteiger charge is -2.53. The second kappa shape index (κ2) is 7.02. The third-order valence-corrected chi connectivity index (χ3v) is 4.94. The fourth-order valence-corrected chi connectivity index (χ4v) is 3.80. The average molecular weight is 340 g/mol. The van der Waals surface area contributed by atoms with Gasteiger partial charge in [-0.05, 0) is 23.8 Å². The zero-order valence-electron chi connectivity index (χ0n) is 14.6. The van der Waals surface area contributed by atoms with Crippen LogP contribution in [0.25, 0.3) is 0 Å². The van der Waals surface area contributed by atoms with Gasteiger partial charge in [0.1, 0.15) is 11.9 Å². The molecule has 1 atom stereocenters. The third-order valence-electron chi connectivity index (χ3n) is 4.94. The Morgan fingerprint density at radius 3 is 2.96 bits per heavy atom. The summed E-state index contributed by atoms with van der Waals surface area (Å²) in [7, 11) is 1.70. The number of rotatable bonds is 5. The van der Waals surface area contributed by atoms with E-state index in [-0.39, 0.29) is 11.7 Å². The number of ether oxygens (including phenoxy) is 3. The lowest BCUT2D eigenvalue weighted by molar-refractivity contribution is -0.188. The minimum absolute atomic E-state index is 0.0590. The van der Waals surface area contributed by atoms with Gasteiger partial charge in [-0.2, -0.15) is 0 Å². The largest absolute Gasteiger partial charge is 0.497 e. The maximum atomic E-state index is 6.12. The molecule has 4 rings (SSSR count). The first-order valence-corrected chi connectivity index (χ1v) is 8.82. The van der Waals surface area contributed by atoms with Crippen LogP contribution in [-0.2, 0) is 11.3 Å². The normalized spacial score (nSPS) is 22.4. The van der Waals surface area contributed by atoms with Crippen LogP contribution in [0.4, 0.5) is 0 Å². The van der Waals surface area contributed by atoms with Crippen LogP contribution in [-0.4, -0.2) is 48.4 Å². The predicted molar refractivity (Wildman–Crippen MR) is 94.8 cm³/mol. The summed E-state index contributed by atoms with van der Waals surface area (Å²) in [5.74, 6) is 1.61. The van der Waals surface area contributed by atoms with Crippen molar-refractivity contribution < 1.29 is 14.2 Å². The van der Waals surface area contributed by atoms with E-state index in [1.165, 1.54) is 5.56 Å². The van der Waals surface area contributed by atoms with E-state index in [1.807, 2.05) is 30.3 Å². The molecule has 132 valence electrons. The number of likely N-dealkylation sites (tertiary alicyclic amines) is 1. The van der Waals surface area contributed by atoms with Crippen LogP contribution in [0.2, 0.25) is 0 Å². The third kappa shape index (κ3) is 3.78. The van der Waals surface area contributed by atoms with Gasteiger partial charge in [0.25, 0.3) is 0 Å². The van der Waals surface area contributed by atoms with Crippen molar-refractivity contribution in [2.45, 2.75) is 31.1 Å². The molecular formula is C20H24N2O3. The van der Waals surface area contributed by atoms with E-state index >= 15 is 0 Å². The number of hydrogen-bond donors (Lipinski definition) is 0. The van der Waals surface area contributed by atoms with Crippen molar-refractivity contribution in [1.82, 2.24) is 9.88 Å². The zero-order chi connectivity index (χ0) is 17.1. The van der Waals surface area contributed by atoms with Gasteiger partial charge in [0.05, 0.1) is 19.3 Å². The molecule has 0 radical (unpaired) electrons. The molecule has 0 unspecified atom stereocenters. The first kappa shape index (κ1) is 16.4. The molecule has 1 aromatic heterocycles. The first-order chi connectivity index (χ1) is 12.2. The summed E-state index contributed by atoms with van der Waals surface area (Å²) in [4.78, 5) is 6.68. The lowest BCUT2D eigenvalue weighted by atomic mass is 9.84. The molecule has 25 heavy (non-hydrogen) atoms. The summed E-state index contributed by atoms with van der Waals surface area (Å²) in [6.45, 7) is 3.58. The van der Waals surface area contributed by atoms with Crippen LogP contribution in [0.1, 0.15) is 18.4 Å². The van der Waals surface area contributed by atoms with E-state index in [0.717, 1.165) is 44.8 Å². The molecule has 0 N–H and O–H groups in total. The topological polar surface area (TPSA) is 43.8 Å². The summed E-state index contributed by atoms with van der Waals surface area (Å²) in [6.07, 6.45) is 3.80. The molecule has 2 aromatic rings. The van der Waals surface area contributed by atoms with Gasteiger partial charge in [0, 0.05) is 44.7 Å². The molecule has 1 spiro atoms. The molecule has 2 aliphatic rings. The Hall–Kier alpha value is -2.11. The highest BCUT2D eigenvalue weighted by Gasteiger charge is 2.48. The quantitative estimate of drug-likeness (QED) is 0.837. The summed E-state index contributed by atoms with van der Waals surface area (Å²) in [5.41, 5.74) is 1.21. The second-order valence-corrected chi connectivity index (χ2v) is 6.93. The van der Waals surface area contributed by atoms with Gasteiger partial charge >= 0.3 is 0 Å². The van der Waals surface area contributed by atoms with Gasteiger partial charge in [0.15, 0.2) is 0 Å². The molecule has 2 aliphatic heterocycles. The van der Waals surface area contributed by atoms with Crippen LogP contribution in [0.5, 0.6) is 11.6 Å². The maximum absolute atomic E-state index is 6.12. The molecule has 2 saturated heterocycles. The van der Waals surface area contributed by atoms with Crippen molar-refractivity contribution in [2.24, 2.45) is 0 Å². The number of pyridine rings is 1. The van der Waals surface area contributed by atoms with Gasteiger partial charge in [-0.15, -0.1) is 0 Å². The van der Waals surface area contributed by atoms with E-state index in [0.29, 0.717) is 5.88 Å². The highest BCUT2D eigenvalue weighted by molar-refractivity contribution is 5.28. The average Bonchev–Trinajstić information content (AvgIpc) is 2.62. The first-order valence-electron chi connectivity index (χ1n) is 8.82. The number of methoxy groups -OCH3 is 1. The minimum atomic E-state index is -0.0590. The fourth-order valence-electron chi connectivity index (χ4n) is 3.80. The molecule has 0 bridgehead atoms. The van der Waals surface area contributed by atoms with Gasteiger partial charge < -0.3 is 14.2 Å². The van der Waals surface area contributed by atoms with Crippen molar-refractivity contribution >= 4 is 0 Å². The summed E-state index contributed by atoms with van der Waals surface area (Å²) < 4.78 is 17.5. The van der Waals surface area contributed by atoms with Crippen molar-refractivity contribution in [3.05, 3.63) is 54.2 Å².